The van der Waals surface area contributed by atoms with Gasteiger partial charge in [0.15, 0.2) is 0 Å². The Morgan fingerprint density at radius 3 is 3.09 bits per heavy atom. The molecule has 0 atom stereocenters. The summed E-state index contributed by atoms with van der Waals surface area (Å²) in [5, 5.41) is 11.7. The number of carbonyl (C=O) groups is 1. The van der Waals surface area contributed by atoms with Crippen LogP contribution in [0.4, 0.5) is 0 Å². The minimum Gasteiger partial charge on any atom is -0.353 e. The molecule has 0 bridgehead atoms. The predicted molar refractivity (Wildman–Crippen MR) is 84.7 cm³/mol. The van der Waals surface area contributed by atoms with Crippen molar-refractivity contribution in [3.63, 3.8) is 0 Å². The molecule has 0 fully saturated rings. The highest BCUT2D eigenvalue weighted by Crippen LogP contribution is 2.05. The van der Waals surface area contributed by atoms with Gasteiger partial charge in [0.1, 0.15) is 0 Å². The molecule has 0 radical (unpaired) electrons. The lowest BCUT2D eigenvalue weighted by Gasteiger charge is -2.03. The standard InChI is InChI=1S/C17H18N4O/c18-13-16-5-3-4-15(12-16)6-7-17(22)20-8-1-2-10-21-11-9-19-14-21/h3-7,9,11-12,14H,1-2,8,10H2,(H,20,22). The zero-order valence-electron chi connectivity index (χ0n) is 12.3. The van der Waals surface area contributed by atoms with E-state index in [1.54, 1.807) is 36.8 Å². The van der Waals surface area contributed by atoms with Gasteiger partial charge in [-0.15, -0.1) is 0 Å². The zero-order chi connectivity index (χ0) is 15.6. The lowest BCUT2D eigenvalue weighted by molar-refractivity contribution is -0.116. The van der Waals surface area contributed by atoms with Crippen LogP contribution in [0.3, 0.4) is 0 Å². The Hall–Kier alpha value is -2.87. The van der Waals surface area contributed by atoms with Gasteiger partial charge in [-0.3, -0.25) is 4.79 Å². The quantitative estimate of drug-likeness (QED) is 0.629. The van der Waals surface area contributed by atoms with Crippen molar-refractivity contribution in [3.05, 3.63) is 60.2 Å². The van der Waals surface area contributed by atoms with E-state index in [0.717, 1.165) is 24.9 Å². The Balaban J connectivity index is 1.67. The molecule has 0 aliphatic carbocycles. The highest BCUT2D eigenvalue weighted by atomic mass is 16.1. The third-order valence-electron chi connectivity index (χ3n) is 3.14. The molecule has 0 aliphatic heterocycles. The first-order valence-electron chi connectivity index (χ1n) is 7.20. The van der Waals surface area contributed by atoms with E-state index < -0.39 is 0 Å². The number of carbonyl (C=O) groups excluding carboxylic acids is 1. The number of aromatic nitrogens is 2. The van der Waals surface area contributed by atoms with Gasteiger partial charge in [-0.05, 0) is 36.6 Å². The fourth-order valence-electron chi connectivity index (χ4n) is 1.99. The summed E-state index contributed by atoms with van der Waals surface area (Å²) in [6.07, 6.45) is 10.6. The molecule has 112 valence electrons. The molecule has 1 amide bonds. The summed E-state index contributed by atoms with van der Waals surface area (Å²) in [6.45, 7) is 1.56. The van der Waals surface area contributed by atoms with Crippen LogP contribution >= 0.6 is 0 Å². The summed E-state index contributed by atoms with van der Waals surface area (Å²) >= 11 is 0. The van der Waals surface area contributed by atoms with E-state index in [4.69, 9.17) is 5.26 Å². The van der Waals surface area contributed by atoms with Crippen molar-refractivity contribution in [1.82, 2.24) is 14.9 Å². The van der Waals surface area contributed by atoms with Crippen molar-refractivity contribution >= 4 is 12.0 Å². The van der Waals surface area contributed by atoms with Crippen LogP contribution in [0.1, 0.15) is 24.0 Å². The molecule has 1 aromatic heterocycles. The van der Waals surface area contributed by atoms with Gasteiger partial charge in [-0.25, -0.2) is 4.98 Å². The molecule has 5 nitrogen and oxygen atoms in total. The number of nitrogens with one attached hydrogen (secondary N) is 1. The molecule has 1 heterocycles. The fraction of sp³-hybridized carbons (Fsp3) is 0.235. The number of benzene rings is 1. The maximum atomic E-state index is 11.7. The minimum absolute atomic E-state index is 0.120. The number of hydrogen-bond acceptors (Lipinski definition) is 3. The fourth-order valence-corrected chi connectivity index (χ4v) is 1.99. The summed E-state index contributed by atoms with van der Waals surface area (Å²) in [5.41, 5.74) is 1.43. The number of amides is 1. The molecule has 2 rings (SSSR count). The van der Waals surface area contributed by atoms with E-state index >= 15 is 0 Å². The molecule has 0 spiro atoms. The average molecular weight is 294 g/mol. The van der Waals surface area contributed by atoms with Gasteiger partial charge in [0.05, 0.1) is 18.0 Å². The van der Waals surface area contributed by atoms with Crippen LogP contribution < -0.4 is 5.32 Å². The van der Waals surface area contributed by atoms with E-state index in [2.05, 4.69) is 16.4 Å². The molecule has 1 N–H and O–H groups in total. The largest absolute Gasteiger partial charge is 0.353 e. The van der Waals surface area contributed by atoms with E-state index in [-0.39, 0.29) is 5.91 Å². The van der Waals surface area contributed by atoms with Gasteiger partial charge < -0.3 is 9.88 Å². The number of nitriles is 1. The second kappa shape index (κ2) is 8.42. The Morgan fingerprint density at radius 1 is 1.41 bits per heavy atom. The number of unbranched alkanes of at least 4 members (excludes halogenated alkanes) is 1. The number of aryl methyl sites for hydroxylation is 1. The van der Waals surface area contributed by atoms with Gasteiger partial charge in [-0.1, -0.05) is 12.1 Å². The van der Waals surface area contributed by atoms with Gasteiger partial charge in [-0.2, -0.15) is 5.26 Å². The van der Waals surface area contributed by atoms with Crippen LogP contribution in [0.5, 0.6) is 0 Å². The van der Waals surface area contributed by atoms with Gasteiger partial charge in [0.2, 0.25) is 5.91 Å². The van der Waals surface area contributed by atoms with Crippen LogP contribution in [0.25, 0.3) is 6.08 Å². The third kappa shape index (κ3) is 5.25. The van der Waals surface area contributed by atoms with Gasteiger partial charge in [0, 0.05) is 31.6 Å². The molecule has 0 saturated heterocycles. The molecule has 2 aromatic rings. The van der Waals surface area contributed by atoms with Crippen molar-refractivity contribution in [2.24, 2.45) is 0 Å². The minimum atomic E-state index is -0.120. The van der Waals surface area contributed by atoms with Crippen LogP contribution in [-0.2, 0) is 11.3 Å². The Labute approximate surface area is 129 Å². The van der Waals surface area contributed by atoms with Gasteiger partial charge >= 0.3 is 0 Å². The first-order chi connectivity index (χ1) is 10.8. The summed E-state index contributed by atoms with van der Waals surface area (Å²) in [5.74, 6) is -0.120. The topological polar surface area (TPSA) is 70.7 Å². The van der Waals surface area contributed by atoms with Crippen molar-refractivity contribution in [2.75, 3.05) is 6.54 Å². The third-order valence-corrected chi connectivity index (χ3v) is 3.14. The molecule has 5 heteroatoms. The van der Waals surface area contributed by atoms with Gasteiger partial charge in [0.25, 0.3) is 0 Å². The molecule has 0 saturated carbocycles. The highest BCUT2D eigenvalue weighted by Gasteiger charge is 1.96. The van der Waals surface area contributed by atoms with Crippen molar-refractivity contribution in [1.29, 1.82) is 5.26 Å². The number of rotatable bonds is 7. The molecule has 1 aromatic carbocycles. The number of nitrogens with zero attached hydrogens (tertiary/aromatic N) is 3. The maximum Gasteiger partial charge on any atom is 0.243 e. The molecule has 22 heavy (non-hydrogen) atoms. The first-order valence-corrected chi connectivity index (χ1v) is 7.20. The van der Waals surface area contributed by atoms with Crippen molar-refractivity contribution in [3.8, 4) is 6.07 Å². The Bertz CT molecular complexity index is 668. The van der Waals surface area contributed by atoms with Crippen LogP contribution in [-0.4, -0.2) is 22.0 Å². The second-order valence-corrected chi connectivity index (χ2v) is 4.87. The summed E-state index contributed by atoms with van der Waals surface area (Å²) < 4.78 is 2.02. The highest BCUT2D eigenvalue weighted by molar-refractivity contribution is 5.91. The second-order valence-electron chi connectivity index (χ2n) is 4.87. The first kappa shape index (κ1) is 15.5. The van der Waals surface area contributed by atoms with Crippen LogP contribution in [0.15, 0.2) is 49.1 Å². The van der Waals surface area contributed by atoms with Crippen LogP contribution in [0.2, 0.25) is 0 Å². The molecule has 0 aliphatic rings. The van der Waals surface area contributed by atoms with Crippen molar-refractivity contribution < 1.29 is 4.79 Å². The normalized spacial score (nSPS) is 10.5. The monoisotopic (exact) mass is 294 g/mol. The summed E-state index contributed by atoms with van der Waals surface area (Å²) in [7, 11) is 0. The lowest BCUT2D eigenvalue weighted by Crippen LogP contribution is -2.22. The zero-order valence-corrected chi connectivity index (χ0v) is 12.3. The predicted octanol–water partition coefficient (Wildman–Crippen LogP) is 2.36. The van der Waals surface area contributed by atoms with Crippen molar-refractivity contribution in [2.45, 2.75) is 19.4 Å². The lowest BCUT2D eigenvalue weighted by atomic mass is 10.1. The number of hydrogen-bond donors (Lipinski definition) is 1. The molecular weight excluding hydrogens is 276 g/mol. The average Bonchev–Trinajstić information content (AvgIpc) is 3.06. The van der Waals surface area contributed by atoms with E-state index in [1.165, 1.54) is 6.08 Å². The summed E-state index contributed by atoms with van der Waals surface area (Å²) in [4.78, 5) is 15.7. The van der Waals surface area contributed by atoms with E-state index in [0.29, 0.717) is 12.1 Å². The van der Waals surface area contributed by atoms with Crippen LogP contribution in [0, 0.1) is 11.3 Å². The molecular formula is C17H18N4O. The van der Waals surface area contributed by atoms with E-state index in [1.807, 2.05) is 16.8 Å². The SMILES string of the molecule is N#Cc1cccc(C=CC(=O)NCCCCn2ccnc2)c1. The molecule has 0 unspecified atom stereocenters. The Morgan fingerprint density at radius 2 is 2.32 bits per heavy atom. The Kier molecular flexibility index (Phi) is 5.94. The summed E-state index contributed by atoms with van der Waals surface area (Å²) in [6, 6.07) is 9.21. The smallest absolute Gasteiger partial charge is 0.243 e. The van der Waals surface area contributed by atoms with E-state index in [9.17, 15) is 4.79 Å². The maximum absolute atomic E-state index is 11.7. The number of imidazole rings is 1.